The maximum atomic E-state index is 12.5. The lowest BCUT2D eigenvalue weighted by Crippen LogP contribution is -2.13. The van der Waals surface area contributed by atoms with Gasteiger partial charge in [-0.3, -0.25) is 4.98 Å². The molecule has 2 rings (SSSR count). The van der Waals surface area contributed by atoms with Gasteiger partial charge in [-0.25, -0.2) is 15.0 Å². The molecule has 0 aliphatic rings. The number of hydrogen-bond acceptors (Lipinski definition) is 3. The molecule has 2 aromatic rings. The van der Waals surface area contributed by atoms with Crippen LogP contribution in [0.25, 0.3) is 0 Å². The fraction of sp³-hybridized carbons (Fsp3) is 0.0769. The highest BCUT2D eigenvalue weighted by Crippen LogP contribution is 2.28. The van der Waals surface area contributed by atoms with Crippen LogP contribution >= 0.6 is 0 Å². The van der Waals surface area contributed by atoms with Crippen molar-refractivity contribution in [1.29, 1.82) is 0 Å². The second-order valence-corrected chi connectivity index (χ2v) is 3.88. The molecule has 2 N–H and O–H groups in total. The minimum atomic E-state index is -4.51. The van der Waals surface area contributed by atoms with Gasteiger partial charge in [-0.1, -0.05) is 6.07 Å². The van der Waals surface area contributed by atoms with Crippen molar-refractivity contribution in [3.8, 4) is 0 Å². The highest BCUT2D eigenvalue weighted by atomic mass is 19.4. The molecular weight excluding hydrogens is 283 g/mol. The van der Waals surface area contributed by atoms with Crippen molar-refractivity contribution in [2.45, 2.75) is 6.18 Å². The van der Waals surface area contributed by atoms with Gasteiger partial charge in [0, 0.05) is 18.0 Å². The van der Waals surface area contributed by atoms with E-state index in [4.69, 9.17) is 5.73 Å². The number of hydrogen-bond donors (Lipinski definition) is 1. The van der Waals surface area contributed by atoms with Gasteiger partial charge in [0.2, 0.25) is 0 Å². The molecule has 0 aliphatic heterocycles. The van der Waals surface area contributed by atoms with Gasteiger partial charge in [0.25, 0.3) is 0 Å². The fourth-order valence-corrected chi connectivity index (χ4v) is 1.39. The number of pyridine rings is 2. The standard InChI is InChI=1S/C13H10F3N5/c14-13(15,16)10-4-1-5-11(21-10)19-8-20-12(17)9-3-2-6-18-7-9/h1-8H,(H2,17,19,20,21). The predicted octanol–water partition coefficient (Wildman–Crippen LogP) is 2.56. The number of rotatable bonds is 3. The normalized spacial score (nSPS) is 12.8. The van der Waals surface area contributed by atoms with Crippen LogP contribution in [-0.2, 0) is 6.18 Å². The highest BCUT2D eigenvalue weighted by molar-refractivity contribution is 6.01. The Labute approximate surface area is 118 Å². The van der Waals surface area contributed by atoms with Crippen LogP contribution in [-0.4, -0.2) is 22.1 Å². The maximum absolute atomic E-state index is 12.5. The summed E-state index contributed by atoms with van der Waals surface area (Å²) in [5.41, 5.74) is 5.25. The Bertz CT molecular complexity index is 665. The zero-order chi connectivity index (χ0) is 15.3. The van der Waals surface area contributed by atoms with Gasteiger partial charge in [-0.05, 0) is 24.3 Å². The van der Waals surface area contributed by atoms with E-state index in [0.29, 0.717) is 5.56 Å². The van der Waals surface area contributed by atoms with Crippen molar-refractivity contribution in [1.82, 2.24) is 9.97 Å². The zero-order valence-corrected chi connectivity index (χ0v) is 10.6. The SMILES string of the molecule is NC(=NC=Nc1cccc(C(F)(F)F)n1)c1cccnc1. The number of aromatic nitrogens is 2. The molecule has 0 bridgehead atoms. The lowest BCUT2D eigenvalue weighted by atomic mass is 10.3. The highest BCUT2D eigenvalue weighted by Gasteiger charge is 2.32. The van der Waals surface area contributed by atoms with Crippen molar-refractivity contribution < 1.29 is 13.2 Å². The van der Waals surface area contributed by atoms with E-state index < -0.39 is 11.9 Å². The molecule has 2 heterocycles. The van der Waals surface area contributed by atoms with E-state index >= 15 is 0 Å². The van der Waals surface area contributed by atoms with Crippen LogP contribution < -0.4 is 5.73 Å². The number of nitrogens with two attached hydrogens (primary N) is 1. The van der Waals surface area contributed by atoms with Crippen molar-refractivity contribution in [2.75, 3.05) is 0 Å². The lowest BCUT2D eigenvalue weighted by molar-refractivity contribution is -0.141. The molecule has 108 valence electrons. The number of aliphatic imine (C=N–C) groups is 2. The van der Waals surface area contributed by atoms with Crippen LogP contribution in [0.3, 0.4) is 0 Å². The van der Waals surface area contributed by atoms with E-state index in [-0.39, 0.29) is 11.7 Å². The van der Waals surface area contributed by atoms with Crippen LogP contribution in [0, 0.1) is 0 Å². The van der Waals surface area contributed by atoms with Gasteiger partial charge >= 0.3 is 6.18 Å². The van der Waals surface area contributed by atoms with Crippen LogP contribution in [0.5, 0.6) is 0 Å². The van der Waals surface area contributed by atoms with Crippen LogP contribution in [0.2, 0.25) is 0 Å². The summed E-state index contributed by atoms with van der Waals surface area (Å²) in [4.78, 5) is 14.8. The Balaban J connectivity index is 2.15. The summed E-state index contributed by atoms with van der Waals surface area (Å²) in [6, 6.07) is 6.80. The van der Waals surface area contributed by atoms with Gasteiger partial charge in [0.05, 0.1) is 0 Å². The van der Waals surface area contributed by atoms with E-state index in [1.807, 2.05) is 0 Å². The molecule has 0 spiro atoms. The van der Waals surface area contributed by atoms with E-state index in [2.05, 4.69) is 20.0 Å². The van der Waals surface area contributed by atoms with E-state index in [9.17, 15) is 13.2 Å². The first kappa shape index (κ1) is 14.6. The summed E-state index contributed by atoms with van der Waals surface area (Å²) in [6.45, 7) is 0. The summed E-state index contributed by atoms with van der Waals surface area (Å²) in [6.07, 6.45) is -0.374. The van der Waals surface area contributed by atoms with Crippen molar-refractivity contribution in [3.63, 3.8) is 0 Å². The number of amidine groups is 1. The minimum absolute atomic E-state index is 0.104. The van der Waals surface area contributed by atoms with Gasteiger partial charge in [-0.2, -0.15) is 13.2 Å². The third-order valence-corrected chi connectivity index (χ3v) is 2.37. The predicted molar refractivity (Wildman–Crippen MR) is 72.4 cm³/mol. The number of halogens is 3. The third kappa shape index (κ3) is 4.10. The summed E-state index contributed by atoms with van der Waals surface area (Å²) in [5.74, 6) is 0.0476. The second-order valence-electron chi connectivity index (χ2n) is 3.88. The molecule has 5 nitrogen and oxygen atoms in total. The van der Waals surface area contributed by atoms with Crippen molar-refractivity contribution in [2.24, 2.45) is 15.7 Å². The topological polar surface area (TPSA) is 76.5 Å². The van der Waals surface area contributed by atoms with Crippen LogP contribution in [0.1, 0.15) is 11.3 Å². The Morgan fingerprint density at radius 2 is 2.00 bits per heavy atom. The first-order valence-corrected chi connectivity index (χ1v) is 5.77. The summed E-state index contributed by atoms with van der Waals surface area (Å²) < 4.78 is 37.4. The quantitative estimate of drug-likeness (QED) is 0.698. The van der Waals surface area contributed by atoms with E-state index in [0.717, 1.165) is 12.4 Å². The summed E-state index contributed by atoms with van der Waals surface area (Å²) in [7, 11) is 0. The monoisotopic (exact) mass is 293 g/mol. The van der Waals surface area contributed by atoms with E-state index in [1.54, 1.807) is 18.3 Å². The zero-order valence-electron chi connectivity index (χ0n) is 10.6. The molecule has 8 heteroatoms. The largest absolute Gasteiger partial charge is 0.433 e. The molecule has 2 aromatic heterocycles. The molecule has 0 aliphatic carbocycles. The summed E-state index contributed by atoms with van der Waals surface area (Å²) in [5, 5.41) is 0. The third-order valence-electron chi connectivity index (χ3n) is 2.37. The number of nitrogens with zero attached hydrogens (tertiary/aromatic N) is 4. The smallest absolute Gasteiger partial charge is 0.383 e. The summed E-state index contributed by atoms with van der Waals surface area (Å²) >= 11 is 0. The van der Waals surface area contributed by atoms with Gasteiger partial charge in [0.15, 0.2) is 5.82 Å². The molecule has 0 radical (unpaired) electrons. The molecule has 0 aromatic carbocycles. The fourth-order valence-electron chi connectivity index (χ4n) is 1.39. The molecule has 0 saturated heterocycles. The Morgan fingerprint density at radius 3 is 2.67 bits per heavy atom. The van der Waals surface area contributed by atoms with Gasteiger partial charge < -0.3 is 5.73 Å². The van der Waals surface area contributed by atoms with Crippen molar-refractivity contribution in [3.05, 3.63) is 54.0 Å². The average Bonchev–Trinajstić information content (AvgIpc) is 2.47. The molecule has 21 heavy (non-hydrogen) atoms. The van der Waals surface area contributed by atoms with Crippen LogP contribution in [0.15, 0.2) is 52.7 Å². The Hall–Kier alpha value is -2.77. The first-order chi connectivity index (χ1) is 9.97. The molecule has 0 amide bonds. The second kappa shape index (κ2) is 6.12. The van der Waals surface area contributed by atoms with E-state index in [1.165, 1.54) is 18.3 Å². The molecule has 0 fully saturated rings. The molecule has 0 atom stereocenters. The van der Waals surface area contributed by atoms with Crippen LogP contribution in [0.4, 0.5) is 19.0 Å². The molecule has 0 saturated carbocycles. The van der Waals surface area contributed by atoms with Gasteiger partial charge in [-0.15, -0.1) is 0 Å². The average molecular weight is 293 g/mol. The Morgan fingerprint density at radius 1 is 1.19 bits per heavy atom. The minimum Gasteiger partial charge on any atom is -0.383 e. The van der Waals surface area contributed by atoms with Gasteiger partial charge in [0.1, 0.15) is 17.9 Å². The molecule has 0 unspecified atom stereocenters. The van der Waals surface area contributed by atoms with Crippen molar-refractivity contribution >= 4 is 18.0 Å². The number of alkyl halides is 3. The molecular formula is C13H10F3N5. The first-order valence-electron chi connectivity index (χ1n) is 5.77. The lowest BCUT2D eigenvalue weighted by Gasteiger charge is -2.04. The Kier molecular flexibility index (Phi) is 4.27. The maximum Gasteiger partial charge on any atom is 0.433 e.